The van der Waals surface area contributed by atoms with Crippen molar-refractivity contribution in [2.45, 2.75) is 18.9 Å². The van der Waals surface area contributed by atoms with E-state index in [1.807, 2.05) is 23.1 Å². The average molecular weight is 298 g/mol. The molecule has 4 nitrogen and oxygen atoms in total. The lowest BCUT2D eigenvalue weighted by molar-refractivity contribution is 0.0703. The number of hydrogen-bond donors (Lipinski definition) is 0. The van der Waals surface area contributed by atoms with Crippen molar-refractivity contribution in [3.63, 3.8) is 0 Å². The molecule has 0 radical (unpaired) electrons. The van der Waals surface area contributed by atoms with Gasteiger partial charge in [0, 0.05) is 6.54 Å². The molecule has 1 saturated heterocycles. The van der Waals surface area contributed by atoms with Gasteiger partial charge in [0.2, 0.25) is 0 Å². The fourth-order valence-corrected chi connectivity index (χ4v) is 3.96. The van der Waals surface area contributed by atoms with Crippen molar-refractivity contribution in [3.8, 4) is 0 Å². The molecule has 0 spiro atoms. The molecule has 0 aliphatic carbocycles. The lowest BCUT2D eigenvalue weighted by atomic mass is 10.2. The van der Waals surface area contributed by atoms with Gasteiger partial charge in [-0.1, -0.05) is 12.1 Å². The maximum absolute atomic E-state index is 12.5. The fraction of sp³-hybridized carbons (Fsp3) is 0.250. The van der Waals surface area contributed by atoms with Gasteiger partial charge in [-0.05, 0) is 37.1 Å². The van der Waals surface area contributed by atoms with Gasteiger partial charge in [-0.3, -0.25) is 4.79 Å². The average Bonchev–Trinajstić information content (AvgIpc) is 3.24. The molecule has 3 aromatic rings. The predicted octanol–water partition coefficient (Wildman–Crippen LogP) is 3.87. The van der Waals surface area contributed by atoms with Crippen LogP contribution in [-0.2, 0) is 0 Å². The third-order valence-electron chi connectivity index (χ3n) is 3.84. The molecule has 1 aliphatic rings. The molecule has 0 saturated carbocycles. The zero-order chi connectivity index (χ0) is 14.2. The quantitative estimate of drug-likeness (QED) is 0.721. The zero-order valence-electron chi connectivity index (χ0n) is 11.4. The number of amides is 1. The van der Waals surface area contributed by atoms with Crippen LogP contribution in [0.4, 0.5) is 0 Å². The van der Waals surface area contributed by atoms with Gasteiger partial charge in [0.25, 0.3) is 5.91 Å². The Balaban J connectivity index is 1.68. The Hall–Kier alpha value is -2.14. The molecular formula is C16H14N2O2S. The van der Waals surface area contributed by atoms with Crippen LogP contribution in [0.3, 0.4) is 0 Å². The lowest BCUT2D eigenvalue weighted by Crippen LogP contribution is -2.30. The number of thiazole rings is 1. The fourth-order valence-electron chi connectivity index (χ4n) is 2.84. The number of furan rings is 1. The van der Waals surface area contributed by atoms with Crippen LogP contribution < -0.4 is 0 Å². The Morgan fingerprint density at radius 2 is 2.19 bits per heavy atom. The summed E-state index contributed by atoms with van der Waals surface area (Å²) in [5.41, 5.74) is 1.01. The number of rotatable bonds is 2. The number of para-hydroxylation sites is 1. The van der Waals surface area contributed by atoms with Crippen LogP contribution in [0, 0.1) is 0 Å². The smallest absolute Gasteiger partial charge is 0.290 e. The van der Waals surface area contributed by atoms with Crippen LogP contribution in [-0.4, -0.2) is 22.3 Å². The van der Waals surface area contributed by atoms with Crippen molar-refractivity contribution in [1.29, 1.82) is 0 Å². The number of carbonyl (C=O) groups excluding carboxylic acids is 1. The van der Waals surface area contributed by atoms with Gasteiger partial charge >= 0.3 is 0 Å². The van der Waals surface area contributed by atoms with Gasteiger partial charge in [-0.25, -0.2) is 4.98 Å². The SMILES string of the molecule is O=C(c1ccco1)N1CCC[C@H]1c1nc2ccccc2s1. The highest BCUT2D eigenvalue weighted by Gasteiger charge is 2.33. The Morgan fingerprint density at radius 3 is 3.00 bits per heavy atom. The van der Waals surface area contributed by atoms with E-state index in [-0.39, 0.29) is 11.9 Å². The molecule has 5 heteroatoms. The largest absolute Gasteiger partial charge is 0.459 e. The highest BCUT2D eigenvalue weighted by atomic mass is 32.1. The first-order chi connectivity index (χ1) is 10.3. The second-order valence-electron chi connectivity index (χ2n) is 5.15. The van der Waals surface area contributed by atoms with Gasteiger partial charge in [0.05, 0.1) is 22.5 Å². The number of aromatic nitrogens is 1. The van der Waals surface area contributed by atoms with E-state index in [1.54, 1.807) is 23.5 Å². The number of benzene rings is 1. The maximum atomic E-state index is 12.5. The van der Waals surface area contributed by atoms with Crippen LogP contribution >= 0.6 is 11.3 Å². The second kappa shape index (κ2) is 5.00. The van der Waals surface area contributed by atoms with Crippen LogP contribution in [0.2, 0.25) is 0 Å². The van der Waals surface area contributed by atoms with E-state index in [9.17, 15) is 4.79 Å². The number of hydrogen-bond acceptors (Lipinski definition) is 4. The summed E-state index contributed by atoms with van der Waals surface area (Å²) >= 11 is 1.68. The molecule has 1 aromatic carbocycles. The van der Waals surface area contributed by atoms with Crippen molar-refractivity contribution in [1.82, 2.24) is 9.88 Å². The minimum atomic E-state index is -0.0400. The second-order valence-corrected chi connectivity index (χ2v) is 6.22. The third-order valence-corrected chi connectivity index (χ3v) is 4.98. The highest BCUT2D eigenvalue weighted by molar-refractivity contribution is 7.18. The molecule has 3 heterocycles. The van der Waals surface area contributed by atoms with Gasteiger partial charge in [-0.2, -0.15) is 0 Å². The summed E-state index contributed by atoms with van der Waals surface area (Å²) in [5.74, 6) is 0.366. The topological polar surface area (TPSA) is 46.3 Å². The van der Waals surface area contributed by atoms with E-state index in [2.05, 4.69) is 6.07 Å². The number of nitrogens with zero attached hydrogens (tertiary/aromatic N) is 2. The Bertz CT molecular complexity index is 746. The van der Waals surface area contributed by atoms with Crippen molar-refractivity contribution >= 4 is 27.5 Å². The van der Waals surface area contributed by atoms with Crippen LogP contribution in [0.1, 0.15) is 34.4 Å². The monoisotopic (exact) mass is 298 g/mol. The molecule has 1 aliphatic heterocycles. The van der Waals surface area contributed by atoms with E-state index >= 15 is 0 Å². The summed E-state index contributed by atoms with van der Waals surface area (Å²) < 4.78 is 6.41. The normalized spacial score (nSPS) is 18.5. The first-order valence-corrected chi connectivity index (χ1v) is 7.84. The predicted molar refractivity (Wildman–Crippen MR) is 81.3 cm³/mol. The molecule has 2 aromatic heterocycles. The first-order valence-electron chi connectivity index (χ1n) is 7.03. The van der Waals surface area contributed by atoms with Crippen LogP contribution in [0.15, 0.2) is 47.1 Å². The molecule has 1 fully saturated rings. The van der Waals surface area contributed by atoms with E-state index in [0.29, 0.717) is 5.76 Å². The van der Waals surface area contributed by atoms with Gasteiger partial charge in [0.1, 0.15) is 5.01 Å². The third kappa shape index (κ3) is 2.14. The van der Waals surface area contributed by atoms with E-state index < -0.39 is 0 Å². The minimum Gasteiger partial charge on any atom is -0.459 e. The van der Waals surface area contributed by atoms with Gasteiger partial charge in [0.15, 0.2) is 5.76 Å². The lowest BCUT2D eigenvalue weighted by Gasteiger charge is -2.21. The molecule has 0 N–H and O–H groups in total. The summed E-state index contributed by atoms with van der Waals surface area (Å²) in [6.07, 6.45) is 3.51. The number of fused-ring (bicyclic) bond motifs is 1. The molecule has 21 heavy (non-hydrogen) atoms. The molecule has 4 rings (SSSR count). The van der Waals surface area contributed by atoms with Gasteiger partial charge in [-0.15, -0.1) is 11.3 Å². The highest BCUT2D eigenvalue weighted by Crippen LogP contribution is 2.37. The summed E-state index contributed by atoms with van der Waals surface area (Å²) in [6.45, 7) is 0.764. The zero-order valence-corrected chi connectivity index (χ0v) is 12.2. The van der Waals surface area contributed by atoms with E-state index in [1.165, 1.54) is 11.0 Å². The van der Waals surface area contributed by atoms with E-state index in [4.69, 9.17) is 9.40 Å². The van der Waals surface area contributed by atoms with E-state index in [0.717, 1.165) is 29.9 Å². The molecule has 106 valence electrons. The Morgan fingerprint density at radius 1 is 1.29 bits per heavy atom. The summed E-state index contributed by atoms with van der Waals surface area (Å²) in [7, 11) is 0. The molecule has 0 bridgehead atoms. The minimum absolute atomic E-state index is 0.0400. The van der Waals surface area contributed by atoms with Gasteiger partial charge < -0.3 is 9.32 Å². The Kier molecular flexibility index (Phi) is 3.00. The summed E-state index contributed by atoms with van der Waals surface area (Å²) in [6, 6.07) is 11.6. The van der Waals surface area contributed by atoms with Crippen molar-refractivity contribution < 1.29 is 9.21 Å². The van der Waals surface area contributed by atoms with Crippen LogP contribution in [0.5, 0.6) is 0 Å². The van der Waals surface area contributed by atoms with Crippen molar-refractivity contribution in [2.24, 2.45) is 0 Å². The number of likely N-dealkylation sites (tertiary alicyclic amines) is 1. The maximum Gasteiger partial charge on any atom is 0.290 e. The summed E-state index contributed by atoms with van der Waals surface area (Å²) in [4.78, 5) is 19.1. The first kappa shape index (κ1) is 12.6. The molecule has 1 amide bonds. The Labute approximate surface area is 126 Å². The van der Waals surface area contributed by atoms with Crippen molar-refractivity contribution in [3.05, 3.63) is 53.4 Å². The van der Waals surface area contributed by atoms with Crippen LogP contribution in [0.25, 0.3) is 10.2 Å². The molecule has 0 unspecified atom stereocenters. The van der Waals surface area contributed by atoms with Crippen molar-refractivity contribution in [2.75, 3.05) is 6.54 Å². The standard InChI is InChI=1S/C16H14N2O2S/c19-16(13-7-4-10-20-13)18-9-3-6-12(18)15-17-11-5-1-2-8-14(11)21-15/h1-2,4-5,7-8,10,12H,3,6,9H2/t12-/m0/s1. The molecular weight excluding hydrogens is 284 g/mol. The molecule has 1 atom stereocenters. The summed E-state index contributed by atoms with van der Waals surface area (Å²) in [5, 5.41) is 1.02. The number of carbonyl (C=O) groups is 1.